The monoisotopic (exact) mass is 287 g/mol. The highest BCUT2D eigenvalue weighted by molar-refractivity contribution is 9.10. The highest BCUT2D eigenvalue weighted by Gasteiger charge is 2.26. The summed E-state index contributed by atoms with van der Waals surface area (Å²) >= 11 is 3.17. The first-order valence-corrected chi connectivity index (χ1v) is 6.07. The number of ether oxygens (including phenoxy) is 1. The molecule has 16 heavy (non-hydrogen) atoms. The quantitative estimate of drug-likeness (QED) is 0.928. The minimum absolute atomic E-state index is 0.160. The average molecular weight is 288 g/mol. The van der Waals surface area contributed by atoms with Crippen LogP contribution < -0.4 is 5.32 Å². The molecule has 1 aromatic heterocycles. The molecule has 0 saturated heterocycles. The standard InChI is InChI=1S/C11H14BrNO3/c1-15-8-3-2-7(6-8)13-11(14)9-4-5-10(12)16-9/h4-5,7-8H,2-3,6H2,1H3,(H,13,14). The van der Waals surface area contributed by atoms with Crippen molar-refractivity contribution >= 4 is 21.8 Å². The van der Waals surface area contributed by atoms with Crippen LogP contribution in [0, 0.1) is 0 Å². The third-order valence-corrected chi connectivity index (χ3v) is 3.28. The first kappa shape index (κ1) is 11.7. The van der Waals surface area contributed by atoms with Crippen molar-refractivity contribution in [3.63, 3.8) is 0 Å². The molecule has 0 spiro atoms. The fraction of sp³-hybridized carbons (Fsp3) is 0.545. The van der Waals surface area contributed by atoms with Crippen LogP contribution in [0.2, 0.25) is 0 Å². The summed E-state index contributed by atoms with van der Waals surface area (Å²) in [7, 11) is 1.71. The second-order valence-corrected chi connectivity index (χ2v) is 4.73. The zero-order valence-corrected chi connectivity index (χ0v) is 10.6. The maximum Gasteiger partial charge on any atom is 0.287 e. The lowest BCUT2D eigenvalue weighted by atomic mass is 10.2. The summed E-state index contributed by atoms with van der Waals surface area (Å²) in [6.45, 7) is 0. The number of hydrogen-bond donors (Lipinski definition) is 1. The molecule has 2 atom stereocenters. The molecule has 1 aliphatic rings. The summed E-state index contributed by atoms with van der Waals surface area (Å²) in [6, 6.07) is 3.56. The molecule has 1 fully saturated rings. The second kappa shape index (κ2) is 5.01. The fourth-order valence-corrected chi connectivity index (χ4v) is 2.28. The molecule has 1 aromatic rings. The van der Waals surface area contributed by atoms with E-state index in [4.69, 9.17) is 9.15 Å². The van der Waals surface area contributed by atoms with Gasteiger partial charge in [0.05, 0.1) is 6.10 Å². The Balaban J connectivity index is 1.89. The van der Waals surface area contributed by atoms with E-state index < -0.39 is 0 Å². The van der Waals surface area contributed by atoms with Gasteiger partial charge < -0.3 is 14.5 Å². The summed E-state index contributed by atoms with van der Waals surface area (Å²) < 4.78 is 11.0. The predicted octanol–water partition coefficient (Wildman–Crippen LogP) is 2.34. The molecular formula is C11H14BrNO3. The van der Waals surface area contributed by atoms with E-state index in [1.54, 1.807) is 19.2 Å². The molecule has 4 nitrogen and oxygen atoms in total. The third-order valence-electron chi connectivity index (χ3n) is 2.85. The number of furan rings is 1. The van der Waals surface area contributed by atoms with Gasteiger partial charge in [0.1, 0.15) is 0 Å². The number of amides is 1. The zero-order chi connectivity index (χ0) is 11.5. The molecule has 0 radical (unpaired) electrons. The Labute approximate surface area is 102 Å². The molecule has 1 heterocycles. The third kappa shape index (κ3) is 2.65. The van der Waals surface area contributed by atoms with Gasteiger partial charge in [-0.15, -0.1) is 0 Å². The highest BCUT2D eigenvalue weighted by atomic mass is 79.9. The molecule has 5 heteroatoms. The second-order valence-electron chi connectivity index (χ2n) is 3.94. The highest BCUT2D eigenvalue weighted by Crippen LogP contribution is 2.22. The Kier molecular flexibility index (Phi) is 3.66. The van der Waals surface area contributed by atoms with Crippen molar-refractivity contribution in [3.05, 3.63) is 22.6 Å². The molecule has 88 valence electrons. The van der Waals surface area contributed by atoms with Crippen LogP contribution in [0.3, 0.4) is 0 Å². The van der Waals surface area contributed by atoms with Crippen LogP contribution in [-0.4, -0.2) is 25.2 Å². The SMILES string of the molecule is COC1CCC(NC(=O)c2ccc(Br)o2)C1. The summed E-state index contributed by atoms with van der Waals surface area (Å²) in [5.41, 5.74) is 0. The summed E-state index contributed by atoms with van der Waals surface area (Å²) in [5, 5.41) is 2.94. The van der Waals surface area contributed by atoms with Gasteiger partial charge in [-0.3, -0.25) is 4.79 Å². The maximum absolute atomic E-state index is 11.7. The molecule has 2 unspecified atom stereocenters. The normalized spacial score (nSPS) is 24.6. The van der Waals surface area contributed by atoms with Crippen LogP contribution in [0.4, 0.5) is 0 Å². The number of hydrogen-bond acceptors (Lipinski definition) is 3. The Morgan fingerprint density at radius 1 is 1.56 bits per heavy atom. The van der Waals surface area contributed by atoms with Crippen LogP contribution in [-0.2, 0) is 4.74 Å². The van der Waals surface area contributed by atoms with Crippen molar-refractivity contribution in [1.82, 2.24) is 5.32 Å². The minimum Gasteiger partial charge on any atom is -0.444 e. The van der Waals surface area contributed by atoms with Crippen molar-refractivity contribution in [2.24, 2.45) is 0 Å². The van der Waals surface area contributed by atoms with Crippen molar-refractivity contribution < 1.29 is 13.9 Å². The van der Waals surface area contributed by atoms with Crippen molar-refractivity contribution in [2.45, 2.75) is 31.4 Å². The summed E-state index contributed by atoms with van der Waals surface area (Å²) in [5.74, 6) is 0.181. The predicted molar refractivity (Wildman–Crippen MR) is 62.3 cm³/mol. The van der Waals surface area contributed by atoms with Gasteiger partial charge in [-0.1, -0.05) is 0 Å². The number of halogens is 1. The number of methoxy groups -OCH3 is 1. The number of nitrogens with one attached hydrogen (secondary N) is 1. The zero-order valence-electron chi connectivity index (χ0n) is 9.03. The van der Waals surface area contributed by atoms with E-state index in [0.29, 0.717) is 10.4 Å². The first-order valence-electron chi connectivity index (χ1n) is 5.28. The van der Waals surface area contributed by atoms with Crippen molar-refractivity contribution in [2.75, 3.05) is 7.11 Å². The molecule has 1 amide bonds. The number of rotatable bonds is 3. The van der Waals surface area contributed by atoms with Crippen molar-refractivity contribution in [1.29, 1.82) is 0 Å². The van der Waals surface area contributed by atoms with E-state index in [1.807, 2.05) is 0 Å². The van der Waals surface area contributed by atoms with E-state index >= 15 is 0 Å². The summed E-state index contributed by atoms with van der Waals surface area (Å²) in [6.07, 6.45) is 3.12. The lowest BCUT2D eigenvalue weighted by Crippen LogP contribution is -2.33. The maximum atomic E-state index is 11.7. The van der Waals surface area contributed by atoms with Gasteiger partial charge in [-0.05, 0) is 47.3 Å². The van der Waals surface area contributed by atoms with Gasteiger partial charge in [-0.2, -0.15) is 0 Å². The van der Waals surface area contributed by atoms with Crippen LogP contribution in [0.15, 0.2) is 21.2 Å². The van der Waals surface area contributed by atoms with Crippen LogP contribution in [0.25, 0.3) is 0 Å². The van der Waals surface area contributed by atoms with E-state index in [-0.39, 0.29) is 18.1 Å². The fourth-order valence-electron chi connectivity index (χ4n) is 1.98. The molecule has 1 N–H and O–H groups in total. The van der Waals surface area contributed by atoms with Crippen LogP contribution in [0.5, 0.6) is 0 Å². The largest absolute Gasteiger partial charge is 0.444 e. The molecule has 2 rings (SSSR count). The number of carbonyl (C=O) groups excluding carboxylic acids is 1. The van der Waals surface area contributed by atoms with Crippen LogP contribution in [0.1, 0.15) is 29.8 Å². The smallest absolute Gasteiger partial charge is 0.287 e. The van der Waals surface area contributed by atoms with E-state index in [1.165, 1.54) is 0 Å². The van der Waals surface area contributed by atoms with Gasteiger partial charge >= 0.3 is 0 Å². The Hall–Kier alpha value is -0.810. The van der Waals surface area contributed by atoms with Gasteiger partial charge in [0.15, 0.2) is 10.4 Å². The summed E-state index contributed by atoms with van der Waals surface area (Å²) in [4.78, 5) is 11.7. The molecule has 1 saturated carbocycles. The van der Waals surface area contributed by atoms with Gasteiger partial charge in [-0.25, -0.2) is 0 Å². The average Bonchev–Trinajstić information content (AvgIpc) is 2.87. The van der Waals surface area contributed by atoms with Gasteiger partial charge in [0, 0.05) is 13.2 Å². The van der Waals surface area contributed by atoms with E-state index in [0.717, 1.165) is 19.3 Å². The lowest BCUT2D eigenvalue weighted by Gasteiger charge is -2.11. The van der Waals surface area contributed by atoms with Crippen molar-refractivity contribution in [3.8, 4) is 0 Å². The van der Waals surface area contributed by atoms with E-state index in [2.05, 4.69) is 21.2 Å². The van der Waals surface area contributed by atoms with E-state index in [9.17, 15) is 4.79 Å². The van der Waals surface area contributed by atoms with Gasteiger partial charge in [0.2, 0.25) is 0 Å². The lowest BCUT2D eigenvalue weighted by molar-refractivity contribution is 0.0888. The van der Waals surface area contributed by atoms with Gasteiger partial charge in [0.25, 0.3) is 5.91 Å². The minimum atomic E-state index is -0.160. The topological polar surface area (TPSA) is 51.5 Å². The Morgan fingerprint density at radius 3 is 2.94 bits per heavy atom. The molecule has 0 bridgehead atoms. The first-order chi connectivity index (χ1) is 7.69. The molecule has 0 aliphatic heterocycles. The molecule has 1 aliphatic carbocycles. The van der Waals surface area contributed by atoms with Crippen LogP contribution >= 0.6 is 15.9 Å². The molecular weight excluding hydrogens is 274 g/mol. The molecule has 0 aromatic carbocycles. The number of carbonyl (C=O) groups is 1. The Morgan fingerprint density at radius 2 is 2.38 bits per heavy atom. The Bertz CT molecular complexity index is 377.